The third kappa shape index (κ3) is 1.63. The van der Waals surface area contributed by atoms with Crippen molar-refractivity contribution >= 4 is 18.6 Å². The number of fused-ring (bicyclic) bond motifs is 1. The van der Waals surface area contributed by atoms with E-state index >= 15 is 0 Å². The SMILES string of the molecule is O=C(O)C1Cc2ccccc2C(S)N1. The molecule has 0 bridgehead atoms. The zero-order valence-corrected chi connectivity index (χ0v) is 8.37. The number of hydrogen-bond donors (Lipinski definition) is 3. The van der Waals surface area contributed by atoms with Crippen LogP contribution in [0.15, 0.2) is 24.3 Å². The van der Waals surface area contributed by atoms with Crippen molar-refractivity contribution in [3.63, 3.8) is 0 Å². The summed E-state index contributed by atoms with van der Waals surface area (Å²) in [5.74, 6) is -0.821. The molecule has 2 unspecified atom stereocenters. The lowest BCUT2D eigenvalue weighted by atomic mass is 9.96. The molecular weight excluding hydrogens is 198 g/mol. The summed E-state index contributed by atoms with van der Waals surface area (Å²) >= 11 is 4.32. The highest BCUT2D eigenvalue weighted by Crippen LogP contribution is 2.27. The quantitative estimate of drug-likeness (QED) is 0.609. The molecule has 14 heavy (non-hydrogen) atoms. The fourth-order valence-electron chi connectivity index (χ4n) is 1.70. The van der Waals surface area contributed by atoms with Crippen LogP contribution in [0.4, 0.5) is 0 Å². The molecular formula is C10H11NO2S. The van der Waals surface area contributed by atoms with Gasteiger partial charge in [-0.2, -0.15) is 12.6 Å². The second kappa shape index (κ2) is 3.63. The van der Waals surface area contributed by atoms with Gasteiger partial charge in [0.1, 0.15) is 6.04 Å². The first-order valence-corrected chi connectivity index (χ1v) is 4.95. The molecule has 0 aliphatic carbocycles. The number of rotatable bonds is 1. The molecule has 1 aliphatic rings. The van der Waals surface area contributed by atoms with E-state index in [1.54, 1.807) is 0 Å². The summed E-state index contributed by atoms with van der Waals surface area (Å²) < 4.78 is 0. The van der Waals surface area contributed by atoms with E-state index in [2.05, 4.69) is 17.9 Å². The zero-order chi connectivity index (χ0) is 10.1. The van der Waals surface area contributed by atoms with Crippen LogP contribution < -0.4 is 5.32 Å². The summed E-state index contributed by atoms with van der Waals surface area (Å²) in [6, 6.07) is 7.26. The molecule has 0 saturated heterocycles. The molecule has 0 radical (unpaired) electrons. The first-order valence-electron chi connectivity index (χ1n) is 4.43. The van der Waals surface area contributed by atoms with Gasteiger partial charge in [0, 0.05) is 0 Å². The van der Waals surface area contributed by atoms with Crippen molar-refractivity contribution in [2.45, 2.75) is 17.8 Å². The van der Waals surface area contributed by atoms with Crippen LogP contribution in [0.1, 0.15) is 16.5 Å². The van der Waals surface area contributed by atoms with Gasteiger partial charge >= 0.3 is 5.97 Å². The van der Waals surface area contributed by atoms with Crippen molar-refractivity contribution in [2.75, 3.05) is 0 Å². The van der Waals surface area contributed by atoms with Gasteiger partial charge in [-0.05, 0) is 17.5 Å². The highest BCUT2D eigenvalue weighted by molar-refractivity contribution is 7.80. The summed E-state index contributed by atoms with van der Waals surface area (Å²) in [7, 11) is 0. The van der Waals surface area contributed by atoms with Gasteiger partial charge in [-0.1, -0.05) is 24.3 Å². The van der Waals surface area contributed by atoms with Crippen LogP contribution in [-0.2, 0) is 11.2 Å². The van der Waals surface area contributed by atoms with Crippen LogP contribution in [0.2, 0.25) is 0 Å². The predicted octanol–water partition coefficient (Wildman–Crippen LogP) is 1.21. The fraction of sp³-hybridized carbons (Fsp3) is 0.300. The minimum absolute atomic E-state index is 0.180. The van der Waals surface area contributed by atoms with Gasteiger partial charge in [-0.3, -0.25) is 10.1 Å². The van der Waals surface area contributed by atoms with Crippen LogP contribution in [0.25, 0.3) is 0 Å². The van der Waals surface area contributed by atoms with Crippen LogP contribution >= 0.6 is 12.6 Å². The number of hydrogen-bond acceptors (Lipinski definition) is 3. The second-order valence-corrected chi connectivity index (χ2v) is 3.88. The van der Waals surface area contributed by atoms with Gasteiger partial charge in [0.2, 0.25) is 0 Å². The Morgan fingerprint density at radius 2 is 2.21 bits per heavy atom. The molecule has 0 saturated carbocycles. The van der Waals surface area contributed by atoms with Crippen LogP contribution in [0.5, 0.6) is 0 Å². The minimum atomic E-state index is -0.821. The molecule has 2 N–H and O–H groups in total. The molecule has 0 aromatic heterocycles. The zero-order valence-electron chi connectivity index (χ0n) is 7.47. The topological polar surface area (TPSA) is 49.3 Å². The highest BCUT2D eigenvalue weighted by atomic mass is 32.1. The van der Waals surface area contributed by atoms with E-state index in [9.17, 15) is 4.79 Å². The van der Waals surface area contributed by atoms with Gasteiger partial charge < -0.3 is 5.11 Å². The molecule has 1 aromatic rings. The first kappa shape index (κ1) is 9.55. The summed E-state index contributed by atoms with van der Waals surface area (Å²) in [6.45, 7) is 0. The monoisotopic (exact) mass is 209 g/mol. The number of nitrogens with one attached hydrogen (secondary N) is 1. The van der Waals surface area contributed by atoms with Crippen LogP contribution in [0.3, 0.4) is 0 Å². The van der Waals surface area contributed by atoms with E-state index in [0.717, 1.165) is 11.1 Å². The summed E-state index contributed by atoms with van der Waals surface area (Å²) in [4.78, 5) is 10.8. The molecule has 1 heterocycles. The fourth-order valence-corrected chi connectivity index (χ4v) is 2.14. The van der Waals surface area contributed by atoms with Crippen LogP contribution in [-0.4, -0.2) is 17.1 Å². The summed E-state index contributed by atoms with van der Waals surface area (Å²) in [5.41, 5.74) is 2.15. The van der Waals surface area contributed by atoms with E-state index in [-0.39, 0.29) is 5.37 Å². The molecule has 2 atom stereocenters. The summed E-state index contributed by atoms with van der Waals surface area (Å²) in [5, 5.41) is 11.6. The molecule has 0 fully saturated rings. The first-order chi connectivity index (χ1) is 6.68. The average Bonchev–Trinajstić information content (AvgIpc) is 2.17. The number of carboxylic acid groups (broad SMARTS) is 1. The smallest absolute Gasteiger partial charge is 0.321 e. The van der Waals surface area contributed by atoms with Gasteiger partial charge in [0.05, 0.1) is 5.37 Å². The van der Waals surface area contributed by atoms with E-state index in [0.29, 0.717) is 6.42 Å². The maximum absolute atomic E-state index is 10.8. The Labute approximate surface area is 87.5 Å². The van der Waals surface area contributed by atoms with Crippen molar-refractivity contribution in [3.8, 4) is 0 Å². The van der Waals surface area contributed by atoms with Crippen LogP contribution in [0, 0.1) is 0 Å². The largest absolute Gasteiger partial charge is 0.480 e. The Bertz CT molecular complexity index is 367. The minimum Gasteiger partial charge on any atom is -0.480 e. The Hall–Kier alpha value is -1.00. The average molecular weight is 209 g/mol. The number of aliphatic carboxylic acids is 1. The number of thiol groups is 1. The lowest BCUT2D eigenvalue weighted by Crippen LogP contribution is -2.42. The molecule has 0 spiro atoms. The third-order valence-electron chi connectivity index (χ3n) is 2.43. The molecule has 1 aromatic carbocycles. The standard InChI is InChI=1S/C10H11NO2S/c12-10(13)8-5-6-3-1-2-4-7(6)9(14)11-8/h1-4,8-9,11,14H,5H2,(H,12,13). The summed E-state index contributed by atoms with van der Waals surface area (Å²) in [6.07, 6.45) is 0.530. The Morgan fingerprint density at radius 1 is 1.50 bits per heavy atom. The number of carboxylic acids is 1. The lowest BCUT2D eigenvalue weighted by Gasteiger charge is -2.27. The van der Waals surface area contributed by atoms with Crippen molar-refractivity contribution in [3.05, 3.63) is 35.4 Å². The molecule has 2 rings (SSSR count). The third-order valence-corrected chi connectivity index (χ3v) is 2.86. The van der Waals surface area contributed by atoms with E-state index in [1.807, 2.05) is 24.3 Å². The normalized spacial score (nSPS) is 25.5. The van der Waals surface area contributed by atoms with Gasteiger partial charge in [0.15, 0.2) is 0 Å². The Balaban J connectivity index is 2.33. The maximum atomic E-state index is 10.8. The van der Waals surface area contributed by atoms with E-state index in [4.69, 9.17) is 5.11 Å². The number of carbonyl (C=O) groups is 1. The van der Waals surface area contributed by atoms with Gasteiger partial charge in [-0.25, -0.2) is 0 Å². The van der Waals surface area contributed by atoms with Gasteiger partial charge in [0.25, 0.3) is 0 Å². The van der Waals surface area contributed by atoms with E-state index in [1.165, 1.54) is 0 Å². The predicted molar refractivity (Wildman–Crippen MR) is 56.4 cm³/mol. The Kier molecular flexibility index (Phi) is 2.48. The molecule has 4 heteroatoms. The molecule has 1 aliphatic heterocycles. The second-order valence-electron chi connectivity index (χ2n) is 3.36. The lowest BCUT2D eigenvalue weighted by molar-refractivity contribution is -0.139. The Morgan fingerprint density at radius 3 is 2.93 bits per heavy atom. The van der Waals surface area contributed by atoms with E-state index < -0.39 is 12.0 Å². The molecule has 0 amide bonds. The van der Waals surface area contributed by atoms with Crippen molar-refractivity contribution in [2.24, 2.45) is 0 Å². The maximum Gasteiger partial charge on any atom is 0.321 e. The highest BCUT2D eigenvalue weighted by Gasteiger charge is 2.27. The van der Waals surface area contributed by atoms with Gasteiger partial charge in [-0.15, -0.1) is 0 Å². The van der Waals surface area contributed by atoms with Crippen molar-refractivity contribution in [1.29, 1.82) is 0 Å². The van der Waals surface area contributed by atoms with Crippen molar-refractivity contribution in [1.82, 2.24) is 5.32 Å². The molecule has 74 valence electrons. The number of benzene rings is 1. The molecule has 3 nitrogen and oxygen atoms in total. The van der Waals surface area contributed by atoms with Crippen molar-refractivity contribution < 1.29 is 9.90 Å².